The Kier molecular flexibility index (Phi) is 2.86. The molecule has 0 radical (unpaired) electrons. The second-order valence-corrected chi connectivity index (χ2v) is 4.11. The van der Waals surface area contributed by atoms with Crippen LogP contribution in [0.4, 0.5) is 0 Å². The molecule has 0 aliphatic carbocycles. The summed E-state index contributed by atoms with van der Waals surface area (Å²) in [5.74, 6) is -0.0718. The van der Waals surface area contributed by atoms with Gasteiger partial charge >= 0.3 is 0 Å². The lowest BCUT2D eigenvalue weighted by molar-refractivity contribution is -0.128. The Bertz CT molecular complexity index is 450. The SMILES string of the molecule is Cc1cnccc1CN1CC(C#N)CC1=O. The number of aromatic nitrogens is 1. The van der Waals surface area contributed by atoms with Crippen molar-refractivity contribution in [3.8, 4) is 6.07 Å². The minimum absolute atomic E-state index is 0.0720. The molecule has 4 heteroatoms. The maximum absolute atomic E-state index is 11.6. The Morgan fingerprint density at radius 2 is 2.50 bits per heavy atom. The monoisotopic (exact) mass is 215 g/mol. The Hall–Kier alpha value is -1.89. The van der Waals surface area contributed by atoms with Crippen LogP contribution in [0.15, 0.2) is 18.5 Å². The van der Waals surface area contributed by atoms with E-state index in [0.717, 1.165) is 11.1 Å². The largest absolute Gasteiger partial charge is 0.337 e. The van der Waals surface area contributed by atoms with Crippen LogP contribution in [0.1, 0.15) is 17.5 Å². The van der Waals surface area contributed by atoms with Gasteiger partial charge in [-0.1, -0.05) is 0 Å². The third kappa shape index (κ3) is 2.03. The molecule has 16 heavy (non-hydrogen) atoms. The molecule has 2 heterocycles. The van der Waals surface area contributed by atoms with Gasteiger partial charge in [-0.3, -0.25) is 9.78 Å². The molecule has 0 aromatic carbocycles. The van der Waals surface area contributed by atoms with Crippen molar-refractivity contribution in [1.82, 2.24) is 9.88 Å². The molecule has 0 bridgehead atoms. The number of hydrogen-bond donors (Lipinski definition) is 0. The Labute approximate surface area is 94.5 Å². The van der Waals surface area contributed by atoms with Crippen molar-refractivity contribution in [2.24, 2.45) is 5.92 Å². The lowest BCUT2D eigenvalue weighted by Crippen LogP contribution is -2.24. The van der Waals surface area contributed by atoms with E-state index in [2.05, 4.69) is 11.1 Å². The number of rotatable bonds is 2. The molecule has 1 aromatic rings. The zero-order valence-electron chi connectivity index (χ0n) is 9.18. The lowest BCUT2D eigenvalue weighted by Gasteiger charge is -2.16. The zero-order valence-corrected chi connectivity index (χ0v) is 9.18. The molecule has 1 saturated heterocycles. The molecule has 4 nitrogen and oxygen atoms in total. The van der Waals surface area contributed by atoms with Crippen LogP contribution in [0.5, 0.6) is 0 Å². The maximum atomic E-state index is 11.6. The van der Waals surface area contributed by atoms with Crippen LogP contribution in [0.2, 0.25) is 0 Å². The number of likely N-dealkylation sites (tertiary alicyclic amines) is 1. The van der Waals surface area contributed by atoms with Gasteiger partial charge in [-0.15, -0.1) is 0 Å². The molecular formula is C12H13N3O. The van der Waals surface area contributed by atoms with E-state index in [1.54, 1.807) is 17.3 Å². The van der Waals surface area contributed by atoms with Crippen molar-refractivity contribution in [3.63, 3.8) is 0 Å². The van der Waals surface area contributed by atoms with Crippen molar-refractivity contribution in [2.45, 2.75) is 19.9 Å². The summed E-state index contributed by atoms with van der Waals surface area (Å²) < 4.78 is 0. The van der Waals surface area contributed by atoms with Crippen LogP contribution in [0.25, 0.3) is 0 Å². The third-order valence-electron chi connectivity index (χ3n) is 2.89. The van der Waals surface area contributed by atoms with Crippen LogP contribution in [0, 0.1) is 24.2 Å². The van der Waals surface area contributed by atoms with Crippen molar-refractivity contribution < 1.29 is 4.79 Å². The number of amides is 1. The van der Waals surface area contributed by atoms with Crippen LogP contribution < -0.4 is 0 Å². The molecule has 82 valence electrons. The molecule has 1 aromatic heterocycles. The van der Waals surface area contributed by atoms with E-state index in [-0.39, 0.29) is 11.8 Å². The summed E-state index contributed by atoms with van der Waals surface area (Å²) in [6.45, 7) is 3.12. The fraction of sp³-hybridized carbons (Fsp3) is 0.417. The van der Waals surface area contributed by atoms with E-state index in [4.69, 9.17) is 5.26 Å². The van der Waals surface area contributed by atoms with Gasteiger partial charge in [-0.2, -0.15) is 5.26 Å². The average molecular weight is 215 g/mol. The van der Waals surface area contributed by atoms with Gasteiger partial charge in [-0.05, 0) is 24.1 Å². The summed E-state index contributed by atoms with van der Waals surface area (Å²) in [6.07, 6.45) is 3.88. The Morgan fingerprint density at radius 1 is 1.69 bits per heavy atom. The molecule has 1 amide bonds. The predicted octanol–water partition coefficient (Wildman–Crippen LogP) is 1.26. The molecule has 1 fully saturated rings. The molecule has 1 unspecified atom stereocenters. The number of nitrogens with zero attached hydrogens (tertiary/aromatic N) is 3. The first-order valence-corrected chi connectivity index (χ1v) is 5.27. The first kappa shape index (κ1) is 10.6. The summed E-state index contributed by atoms with van der Waals surface area (Å²) >= 11 is 0. The molecule has 2 rings (SSSR count). The van der Waals surface area contributed by atoms with Crippen molar-refractivity contribution in [3.05, 3.63) is 29.6 Å². The highest BCUT2D eigenvalue weighted by Crippen LogP contribution is 2.20. The first-order valence-electron chi connectivity index (χ1n) is 5.27. The van der Waals surface area contributed by atoms with Gasteiger partial charge in [0.1, 0.15) is 0 Å². The fourth-order valence-corrected chi connectivity index (χ4v) is 1.90. The number of nitriles is 1. The topological polar surface area (TPSA) is 57.0 Å². The summed E-state index contributed by atoms with van der Waals surface area (Å²) in [6, 6.07) is 4.07. The predicted molar refractivity (Wildman–Crippen MR) is 58.1 cm³/mol. The van der Waals surface area contributed by atoms with Gasteiger partial charge in [0.15, 0.2) is 0 Å². The molecule has 1 aliphatic rings. The van der Waals surface area contributed by atoms with E-state index in [1.165, 1.54) is 0 Å². The summed E-state index contributed by atoms with van der Waals surface area (Å²) in [4.78, 5) is 17.4. The molecule has 0 saturated carbocycles. The number of pyridine rings is 1. The van der Waals surface area contributed by atoms with E-state index >= 15 is 0 Å². The van der Waals surface area contributed by atoms with Crippen molar-refractivity contribution >= 4 is 5.91 Å². The van der Waals surface area contributed by atoms with Crippen LogP contribution in [0.3, 0.4) is 0 Å². The summed E-state index contributed by atoms with van der Waals surface area (Å²) in [7, 11) is 0. The van der Waals surface area contributed by atoms with E-state index in [1.807, 2.05) is 13.0 Å². The van der Waals surface area contributed by atoms with Gasteiger partial charge < -0.3 is 4.90 Å². The summed E-state index contributed by atoms with van der Waals surface area (Å²) in [5.41, 5.74) is 2.18. The zero-order chi connectivity index (χ0) is 11.5. The lowest BCUT2D eigenvalue weighted by atomic mass is 10.1. The maximum Gasteiger partial charge on any atom is 0.224 e. The van der Waals surface area contributed by atoms with E-state index in [0.29, 0.717) is 19.5 Å². The minimum Gasteiger partial charge on any atom is -0.337 e. The van der Waals surface area contributed by atoms with Crippen molar-refractivity contribution in [2.75, 3.05) is 6.54 Å². The second kappa shape index (κ2) is 4.31. The normalized spacial score (nSPS) is 19.9. The highest BCUT2D eigenvalue weighted by atomic mass is 16.2. The molecular weight excluding hydrogens is 202 g/mol. The number of aryl methyl sites for hydroxylation is 1. The van der Waals surface area contributed by atoms with E-state index < -0.39 is 0 Å². The molecule has 0 N–H and O–H groups in total. The van der Waals surface area contributed by atoms with Crippen LogP contribution in [-0.4, -0.2) is 22.3 Å². The van der Waals surface area contributed by atoms with Gasteiger partial charge in [0.05, 0.1) is 12.0 Å². The number of carbonyl (C=O) groups excluding carboxylic acids is 1. The summed E-state index contributed by atoms with van der Waals surface area (Å²) in [5, 5.41) is 8.78. The smallest absolute Gasteiger partial charge is 0.224 e. The van der Waals surface area contributed by atoms with Crippen LogP contribution >= 0.6 is 0 Å². The van der Waals surface area contributed by atoms with Crippen molar-refractivity contribution in [1.29, 1.82) is 5.26 Å². The van der Waals surface area contributed by atoms with Gasteiger partial charge in [0, 0.05) is 31.9 Å². The van der Waals surface area contributed by atoms with Gasteiger partial charge in [-0.25, -0.2) is 0 Å². The van der Waals surface area contributed by atoms with Crippen LogP contribution in [-0.2, 0) is 11.3 Å². The highest BCUT2D eigenvalue weighted by Gasteiger charge is 2.29. The minimum atomic E-state index is -0.144. The Morgan fingerprint density at radius 3 is 3.12 bits per heavy atom. The fourth-order valence-electron chi connectivity index (χ4n) is 1.90. The quantitative estimate of drug-likeness (QED) is 0.746. The number of carbonyl (C=O) groups is 1. The van der Waals surface area contributed by atoms with Gasteiger partial charge in [0.25, 0.3) is 0 Å². The first-order chi connectivity index (χ1) is 7.70. The van der Waals surface area contributed by atoms with Gasteiger partial charge in [0.2, 0.25) is 5.91 Å². The molecule has 1 atom stereocenters. The molecule has 0 spiro atoms. The highest BCUT2D eigenvalue weighted by molar-refractivity contribution is 5.79. The average Bonchev–Trinajstić information content (AvgIpc) is 2.63. The second-order valence-electron chi connectivity index (χ2n) is 4.11. The third-order valence-corrected chi connectivity index (χ3v) is 2.89. The Balaban J connectivity index is 2.09. The number of hydrogen-bond acceptors (Lipinski definition) is 3. The van der Waals surface area contributed by atoms with E-state index in [9.17, 15) is 4.79 Å². The molecule has 1 aliphatic heterocycles. The standard InChI is InChI=1S/C12H13N3O/c1-9-6-14-3-2-11(9)8-15-7-10(5-13)4-12(15)16/h2-3,6,10H,4,7-8H2,1H3.